The van der Waals surface area contributed by atoms with Gasteiger partial charge in [-0.3, -0.25) is 4.79 Å². The van der Waals surface area contributed by atoms with Crippen LogP contribution in [0.4, 0.5) is 0 Å². The Kier molecular flexibility index (Phi) is 5.44. The van der Waals surface area contributed by atoms with Gasteiger partial charge in [-0.05, 0) is 30.9 Å². The zero-order valence-corrected chi connectivity index (χ0v) is 12.9. The quantitative estimate of drug-likeness (QED) is 0.835. The number of likely N-dealkylation sites (tertiary alicyclic amines) is 1. The Morgan fingerprint density at radius 2 is 2.10 bits per heavy atom. The highest BCUT2D eigenvalue weighted by Crippen LogP contribution is 2.32. The fraction of sp³-hybridized carbons (Fsp3) is 0.562. The average Bonchev–Trinajstić information content (AvgIpc) is 2.53. The van der Waals surface area contributed by atoms with E-state index in [0.717, 1.165) is 25.9 Å². The number of amides is 1. The van der Waals surface area contributed by atoms with Crippen LogP contribution in [0.3, 0.4) is 0 Å². The van der Waals surface area contributed by atoms with Crippen molar-refractivity contribution in [3.63, 3.8) is 0 Å². The lowest BCUT2D eigenvalue weighted by molar-refractivity contribution is 0.0567. The van der Waals surface area contributed by atoms with Crippen LogP contribution in [0.15, 0.2) is 18.2 Å². The number of methoxy groups -OCH3 is 3. The summed E-state index contributed by atoms with van der Waals surface area (Å²) in [7, 11) is 4.83. The van der Waals surface area contributed by atoms with E-state index in [4.69, 9.17) is 14.2 Å². The Labute approximate surface area is 125 Å². The molecule has 0 aromatic heterocycles. The molecule has 21 heavy (non-hydrogen) atoms. The molecule has 0 unspecified atom stereocenters. The number of carbonyl (C=O) groups excluding carboxylic acids is 1. The molecular formula is C16H23NO4. The third-order valence-corrected chi connectivity index (χ3v) is 3.84. The minimum absolute atomic E-state index is 0.00782. The third-order valence-electron chi connectivity index (χ3n) is 3.84. The lowest BCUT2D eigenvalue weighted by atomic mass is 9.98. The molecule has 1 amide bonds. The number of piperidine rings is 1. The molecule has 5 nitrogen and oxygen atoms in total. The fourth-order valence-corrected chi connectivity index (χ4v) is 2.85. The van der Waals surface area contributed by atoms with Crippen molar-refractivity contribution < 1.29 is 19.0 Å². The molecule has 0 N–H and O–H groups in total. The number of benzene rings is 1. The van der Waals surface area contributed by atoms with Crippen LogP contribution in [-0.2, 0) is 4.74 Å². The largest absolute Gasteiger partial charge is 0.493 e. The summed E-state index contributed by atoms with van der Waals surface area (Å²) in [5, 5.41) is 0. The zero-order valence-electron chi connectivity index (χ0n) is 12.9. The van der Waals surface area contributed by atoms with Crippen molar-refractivity contribution >= 4 is 5.91 Å². The van der Waals surface area contributed by atoms with Crippen LogP contribution in [0.25, 0.3) is 0 Å². The van der Waals surface area contributed by atoms with Gasteiger partial charge in [0, 0.05) is 20.2 Å². The first-order valence-electron chi connectivity index (χ1n) is 7.20. The topological polar surface area (TPSA) is 48.0 Å². The van der Waals surface area contributed by atoms with Gasteiger partial charge in [-0.15, -0.1) is 0 Å². The predicted molar refractivity (Wildman–Crippen MR) is 80.0 cm³/mol. The summed E-state index contributed by atoms with van der Waals surface area (Å²) in [6.45, 7) is 2.20. The number of ether oxygens (including phenoxy) is 3. The van der Waals surface area contributed by atoms with E-state index >= 15 is 0 Å². The van der Waals surface area contributed by atoms with E-state index < -0.39 is 0 Å². The molecule has 0 bridgehead atoms. The molecule has 1 aliphatic heterocycles. The Bertz CT molecular complexity index is 487. The second kappa shape index (κ2) is 7.31. The maximum absolute atomic E-state index is 12.7. The van der Waals surface area contributed by atoms with Gasteiger partial charge in [-0.1, -0.05) is 6.07 Å². The van der Waals surface area contributed by atoms with E-state index in [0.29, 0.717) is 29.6 Å². The van der Waals surface area contributed by atoms with Gasteiger partial charge in [0.25, 0.3) is 5.91 Å². The van der Waals surface area contributed by atoms with Crippen molar-refractivity contribution in [3.8, 4) is 11.5 Å². The number of hydrogen-bond acceptors (Lipinski definition) is 4. The van der Waals surface area contributed by atoms with Crippen LogP contribution in [0.2, 0.25) is 0 Å². The lowest BCUT2D eigenvalue weighted by Gasteiger charge is -2.32. The van der Waals surface area contributed by atoms with Crippen molar-refractivity contribution in [1.29, 1.82) is 0 Å². The summed E-state index contributed by atoms with van der Waals surface area (Å²) in [6.07, 6.45) is 2.11. The smallest absolute Gasteiger partial charge is 0.257 e. The van der Waals surface area contributed by atoms with Crippen LogP contribution >= 0.6 is 0 Å². The molecule has 0 aliphatic carbocycles. The van der Waals surface area contributed by atoms with Gasteiger partial charge < -0.3 is 19.1 Å². The number of nitrogens with zero attached hydrogens (tertiary/aromatic N) is 1. The maximum Gasteiger partial charge on any atom is 0.257 e. The Morgan fingerprint density at radius 3 is 2.76 bits per heavy atom. The highest BCUT2D eigenvalue weighted by Gasteiger charge is 2.27. The van der Waals surface area contributed by atoms with Crippen LogP contribution in [-0.4, -0.2) is 51.8 Å². The minimum atomic E-state index is -0.00782. The summed E-state index contributed by atoms with van der Waals surface area (Å²) >= 11 is 0. The first kappa shape index (κ1) is 15.6. The van der Waals surface area contributed by atoms with Crippen LogP contribution in [0, 0.1) is 5.92 Å². The summed E-state index contributed by atoms with van der Waals surface area (Å²) in [4.78, 5) is 14.6. The number of hydrogen-bond donors (Lipinski definition) is 0. The molecule has 0 saturated carbocycles. The molecular weight excluding hydrogens is 270 g/mol. The van der Waals surface area contributed by atoms with Crippen molar-refractivity contribution in [2.75, 3.05) is 41.0 Å². The van der Waals surface area contributed by atoms with Crippen LogP contribution in [0.1, 0.15) is 23.2 Å². The van der Waals surface area contributed by atoms with Crippen molar-refractivity contribution in [3.05, 3.63) is 23.8 Å². The van der Waals surface area contributed by atoms with Gasteiger partial charge >= 0.3 is 0 Å². The lowest BCUT2D eigenvalue weighted by Crippen LogP contribution is -2.41. The average molecular weight is 293 g/mol. The molecule has 1 heterocycles. The van der Waals surface area contributed by atoms with Crippen molar-refractivity contribution in [2.24, 2.45) is 5.92 Å². The zero-order chi connectivity index (χ0) is 15.2. The van der Waals surface area contributed by atoms with Crippen LogP contribution in [0.5, 0.6) is 11.5 Å². The summed E-state index contributed by atoms with van der Waals surface area (Å²) < 4.78 is 15.8. The van der Waals surface area contributed by atoms with E-state index in [1.54, 1.807) is 33.5 Å². The molecule has 1 atom stereocenters. The highest BCUT2D eigenvalue weighted by atomic mass is 16.5. The predicted octanol–water partition coefficient (Wildman–Crippen LogP) is 2.20. The van der Waals surface area contributed by atoms with Crippen molar-refractivity contribution in [2.45, 2.75) is 12.8 Å². The molecule has 1 aliphatic rings. The second-order valence-electron chi connectivity index (χ2n) is 5.26. The van der Waals surface area contributed by atoms with Gasteiger partial charge in [0.1, 0.15) is 0 Å². The molecule has 116 valence electrons. The summed E-state index contributed by atoms with van der Waals surface area (Å²) in [5.41, 5.74) is 0.551. The highest BCUT2D eigenvalue weighted by molar-refractivity contribution is 5.97. The molecule has 1 fully saturated rings. The molecule has 5 heteroatoms. The van der Waals surface area contributed by atoms with E-state index in [1.165, 1.54) is 0 Å². The molecule has 0 radical (unpaired) electrons. The Hall–Kier alpha value is -1.75. The number of rotatable bonds is 5. The van der Waals surface area contributed by atoms with Gasteiger partial charge in [0.15, 0.2) is 11.5 Å². The van der Waals surface area contributed by atoms with E-state index in [2.05, 4.69) is 0 Å². The third kappa shape index (κ3) is 3.47. The molecule has 1 saturated heterocycles. The van der Waals surface area contributed by atoms with Crippen LogP contribution < -0.4 is 9.47 Å². The second-order valence-corrected chi connectivity index (χ2v) is 5.26. The normalized spacial score (nSPS) is 18.4. The fourth-order valence-electron chi connectivity index (χ4n) is 2.85. The Morgan fingerprint density at radius 1 is 1.29 bits per heavy atom. The van der Waals surface area contributed by atoms with E-state index in [-0.39, 0.29) is 5.91 Å². The molecule has 1 aromatic carbocycles. The number of para-hydroxylation sites is 1. The molecule has 2 rings (SSSR count). The van der Waals surface area contributed by atoms with E-state index in [9.17, 15) is 4.79 Å². The molecule has 1 aromatic rings. The first-order valence-corrected chi connectivity index (χ1v) is 7.20. The summed E-state index contributed by atoms with van der Waals surface area (Å²) in [5.74, 6) is 1.48. The molecule has 0 spiro atoms. The van der Waals surface area contributed by atoms with Crippen molar-refractivity contribution in [1.82, 2.24) is 4.90 Å². The SMILES string of the molecule is COC[C@@H]1CCCN(C(=O)c2cccc(OC)c2OC)C1. The van der Waals surface area contributed by atoms with Gasteiger partial charge in [0.05, 0.1) is 26.4 Å². The first-order chi connectivity index (χ1) is 10.2. The van der Waals surface area contributed by atoms with Gasteiger partial charge in [-0.2, -0.15) is 0 Å². The van der Waals surface area contributed by atoms with E-state index in [1.807, 2.05) is 11.0 Å². The maximum atomic E-state index is 12.7. The standard InChI is InChI=1S/C16H23NO4/c1-19-11-12-6-5-9-17(10-12)16(18)13-7-4-8-14(20-2)15(13)21-3/h4,7-8,12H,5-6,9-11H2,1-3H3/t12-/m1/s1. The monoisotopic (exact) mass is 293 g/mol. The number of carbonyl (C=O) groups is 1. The Balaban J connectivity index is 2.19. The minimum Gasteiger partial charge on any atom is -0.493 e. The van der Waals surface area contributed by atoms with Gasteiger partial charge in [0.2, 0.25) is 0 Å². The van der Waals surface area contributed by atoms with Gasteiger partial charge in [-0.25, -0.2) is 0 Å². The summed E-state index contributed by atoms with van der Waals surface area (Å²) in [6, 6.07) is 5.38.